The standard InChI is InChI=1S/C13H10ClF3N4OS/c1-7-4-9(13(15,16)17)20-12(19-7)23-6-11(22)21-10-3-2-8(14)5-18-10/h2-5H,6H2,1H3,(H,18,21,22). The second-order valence-corrected chi connectivity index (χ2v) is 5.75. The van der Waals surface area contributed by atoms with Crippen molar-refractivity contribution >= 4 is 35.1 Å². The van der Waals surface area contributed by atoms with Crippen molar-refractivity contribution in [2.24, 2.45) is 0 Å². The van der Waals surface area contributed by atoms with Gasteiger partial charge in [-0.2, -0.15) is 13.2 Å². The summed E-state index contributed by atoms with van der Waals surface area (Å²) < 4.78 is 38.0. The zero-order valence-electron chi connectivity index (χ0n) is 11.7. The first-order chi connectivity index (χ1) is 10.7. The fraction of sp³-hybridized carbons (Fsp3) is 0.231. The molecular weight excluding hydrogens is 353 g/mol. The van der Waals surface area contributed by atoms with Crippen LogP contribution < -0.4 is 5.32 Å². The van der Waals surface area contributed by atoms with E-state index in [1.165, 1.54) is 19.2 Å². The number of amides is 1. The Morgan fingerprint density at radius 3 is 2.70 bits per heavy atom. The van der Waals surface area contributed by atoms with Crippen LogP contribution in [0.2, 0.25) is 5.02 Å². The summed E-state index contributed by atoms with van der Waals surface area (Å²) in [7, 11) is 0. The van der Waals surface area contributed by atoms with Crippen molar-refractivity contribution in [2.45, 2.75) is 18.3 Å². The summed E-state index contributed by atoms with van der Waals surface area (Å²) in [6.07, 6.45) is -3.19. The monoisotopic (exact) mass is 362 g/mol. The van der Waals surface area contributed by atoms with Gasteiger partial charge in [0.2, 0.25) is 5.91 Å². The van der Waals surface area contributed by atoms with Gasteiger partial charge in [0.25, 0.3) is 0 Å². The Labute approximate surface area is 138 Å². The maximum absolute atomic E-state index is 12.7. The van der Waals surface area contributed by atoms with Crippen molar-refractivity contribution in [2.75, 3.05) is 11.1 Å². The van der Waals surface area contributed by atoms with Crippen molar-refractivity contribution in [1.29, 1.82) is 0 Å². The van der Waals surface area contributed by atoms with E-state index in [2.05, 4.69) is 20.3 Å². The Hall–Kier alpha value is -1.87. The van der Waals surface area contributed by atoms with E-state index in [-0.39, 0.29) is 16.6 Å². The summed E-state index contributed by atoms with van der Waals surface area (Å²) in [5.74, 6) is -0.296. The lowest BCUT2D eigenvalue weighted by Crippen LogP contribution is -2.16. The van der Waals surface area contributed by atoms with E-state index in [0.29, 0.717) is 10.8 Å². The molecule has 0 unspecified atom stereocenters. The van der Waals surface area contributed by atoms with Crippen LogP contribution in [0.15, 0.2) is 29.6 Å². The number of halogens is 4. The van der Waals surface area contributed by atoms with Gasteiger partial charge in [-0.05, 0) is 25.1 Å². The molecule has 0 spiro atoms. The normalized spacial score (nSPS) is 11.3. The minimum Gasteiger partial charge on any atom is -0.310 e. The molecule has 5 nitrogen and oxygen atoms in total. The fourth-order valence-corrected chi connectivity index (χ4v) is 2.33. The van der Waals surface area contributed by atoms with Gasteiger partial charge < -0.3 is 5.32 Å². The van der Waals surface area contributed by atoms with E-state index in [0.717, 1.165) is 17.8 Å². The molecule has 0 bridgehead atoms. The number of thioether (sulfide) groups is 1. The summed E-state index contributed by atoms with van der Waals surface area (Å²) in [6.45, 7) is 1.43. The van der Waals surface area contributed by atoms with Gasteiger partial charge in [-0.3, -0.25) is 4.79 Å². The molecule has 122 valence electrons. The van der Waals surface area contributed by atoms with Crippen LogP contribution in [0.25, 0.3) is 0 Å². The number of rotatable bonds is 4. The molecule has 0 aromatic carbocycles. The molecule has 2 heterocycles. The van der Waals surface area contributed by atoms with Crippen LogP contribution in [-0.2, 0) is 11.0 Å². The number of pyridine rings is 1. The summed E-state index contributed by atoms with van der Waals surface area (Å²) in [5.41, 5.74) is -0.859. The molecule has 0 saturated carbocycles. The third kappa shape index (κ3) is 5.36. The van der Waals surface area contributed by atoms with Crippen molar-refractivity contribution in [3.63, 3.8) is 0 Å². The minimum absolute atomic E-state index is 0.114. The number of aromatic nitrogens is 3. The van der Waals surface area contributed by atoms with Gasteiger partial charge in [0.15, 0.2) is 5.16 Å². The van der Waals surface area contributed by atoms with E-state index < -0.39 is 17.8 Å². The maximum atomic E-state index is 12.7. The highest BCUT2D eigenvalue weighted by molar-refractivity contribution is 7.99. The first kappa shape index (κ1) is 17.5. The molecule has 0 aliphatic carbocycles. The topological polar surface area (TPSA) is 67.8 Å². The number of aryl methyl sites for hydroxylation is 1. The number of anilines is 1. The van der Waals surface area contributed by atoms with Crippen LogP contribution in [0.4, 0.5) is 19.0 Å². The third-order valence-corrected chi connectivity index (χ3v) is 3.52. The summed E-state index contributed by atoms with van der Waals surface area (Å²) in [5, 5.41) is 2.80. The van der Waals surface area contributed by atoms with Crippen LogP contribution in [0.5, 0.6) is 0 Å². The molecule has 0 saturated heterocycles. The lowest BCUT2D eigenvalue weighted by atomic mass is 10.3. The van der Waals surface area contributed by atoms with Gasteiger partial charge in [-0.1, -0.05) is 23.4 Å². The molecule has 2 aromatic rings. The van der Waals surface area contributed by atoms with Crippen LogP contribution >= 0.6 is 23.4 Å². The van der Waals surface area contributed by atoms with Gasteiger partial charge in [0.1, 0.15) is 11.5 Å². The first-order valence-electron chi connectivity index (χ1n) is 6.21. The van der Waals surface area contributed by atoms with Crippen molar-refractivity contribution < 1.29 is 18.0 Å². The Balaban J connectivity index is 1.99. The highest BCUT2D eigenvalue weighted by Crippen LogP contribution is 2.29. The van der Waals surface area contributed by atoms with Gasteiger partial charge in [-0.25, -0.2) is 15.0 Å². The second kappa shape index (κ2) is 7.14. The molecule has 2 rings (SSSR count). The molecule has 0 fully saturated rings. The van der Waals surface area contributed by atoms with Gasteiger partial charge in [0, 0.05) is 11.9 Å². The molecule has 1 N–H and O–H groups in total. The number of carbonyl (C=O) groups is 1. The van der Waals surface area contributed by atoms with E-state index in [1.807, 2.05) is 0 Å². The third-order valence-electron chi connectivity index (χ3n) is 2.45. The number of nitrogens with zero attached hydrogens (tertiary/aromatic N) is 3. The molecule has 23 heavy (non-hydrogen) atoms. The number of carbonyl (C=O) groups excluding carboxylic acids is 1. The van der Waals surface area contributed by atoms with E-state index in [9.17, 15) is 18.0 Å². The summed E-state index contributed by atoms with van der Waals surface area (Å²) in [6, 6.07) is 3.91. The quantitative estimate of drug-likeness (QED) is 0.665. The SMILES string of the molecule is Cc1cc(C(F)(F)F)nc(SCC(=O)Nc2ccc(Cl)cn2)n1. The Morgan fingerprint density at radius 2 is 2.09 bits per heavy atom. The first-order valence-corrected chi connectivity index (χ1v) is 7.57. The Kier molecular flexibility index (Phi) is 5.42. The van der Waals surface area contributed by atoms with Gasteiger partial charge in [0.05, 0.1) is 10.8 Å². The Bertz CT molecular complexity index is 709. The van der Waals surface area contributed by atoms with E-state index in [4.69, 9.17) is 11.6 Å². The number of hydrogen-bond donors (Lipinski definition) is 1. The largest absolute Gasteiger partial charge is 0.433 e. The molecule has 10 heteroatoms. The predicted octanol–water partition coefficient (Wildman–Crippen LogP) is 3.58. The smallest absolute Gasteiger partial charge is 0.310 e. The summed E-state index contributed by atoms with van der Waals surface area (Å²) in [4.78, 5) is 22.9. The molecular formula is C13H10ClF3N4OS. The molecule has 0 aliphatic heterocycles. The van der Waals surface area contributed by atoms with Crippen LogP contribution in [0.3, 0.4) is 0 Å². The lowest BCUT2D eigenvalue weighted by Gasteiger charge is -2.08. The molecule has 0 radical (unpaired) electrons. The van der Waals surface area contributed by atoms with Crippen molar-refractivity contribution in [1.82, 2.24) is 15.0 Å². The number of nitrogens with one attached hydrogen (secondary N) is 1. The van der Waals surface area contributed by atoms with Crippen molar-refractivity contribution in [3.8, 4) is 0 Å². The molecule has 0 atom stereocenters. The van der Waals surface area contributed by atoms with E-state index >= 15 is 0 Å². The summed E-state index contributed by atoms with van der Waals surface area (Å²) >= 11 is 6.48. The number of hydrogen-bond acceptors (Lipinski definition) is 5. The average molecular weight is 363 g/mol. The fourth-order valence-electron chi connectivity index (χ4n) is 1.51. The van der Waals surface area contributed by atoms with Crippen LogP contribution in [-0.4, -0.2) is 26.6 Å². The second-order valence-electron chi connectivity index (χ2n) is 4.37. The highest BCUT2D eigenvalue weighted by Gasteiger charge is 2.33. The van der Waals surface area contributed by atoms with E-state index in [1.54, 1.807) is 6.07 Å². The van der Waals surface area contributed by atoms with Gasteiger partial charge >= 0.3 is 6.18 Å². The average Bonchev–Trinajstić information content (AvgIpc) is 2.46. The lowest BCUT2D eigenvalue weighted by molar-refractivity contribution is -0.141. The van der Waals surface area contributed by atoms with Crippen LogP contribution in [0, 0.1) is 6.92 Å². The zero-order valence-corrected chi connectivity index (χ0v) is 13.3. The van der Waals surface area contributed by atoms with Crippen molar-refractivity contribution in [3.05, 3.63) is 40.8 Å². The minimum atomic E-state index is -4.56. The van der Waals surface area contributed by atoms with Gasteiger partial charge in [-0.15, -0.1) is 0 Å². The molecule has 1 amide bonds. The van der Waals surface area contributed by atoms with Crippen LogP contribution in [0.1, 0.15) is 11.4 Å². The number of alkyl halides is 3. The predicted molar refractivity (Wildman–Crippen MR) is 80.4 cm³/mol. The maximum Gasteiger partial charge on any atom is 0.433 e. The molecule has 0 aliphatic rings. The highest BCUT2D eigenvalue weighted by atomic mass is 35.5. The zero-order chi connectivity index (χ0) is 17.0. The molecule has 2 aromatic heterocycles. The Morgan fingerprint density at radius 1 is 1.35 bits per heavy atom.